The van der Waals surface area contributed by atoms with Crippen LogP contribution in [0.3, 0.4) is 0 Å². The minimum atomic E-state index is -0.304. The molecule has 0 aliphatic heterocycles. The predicted molar refractivity (Wildman–Crippen MR) is 138 cm³/mol. The van der Waals surface area contributed by atoms with Crippen LogP contribution in [0.4, 0.5) is 5.95 Å². The van der Waals surface area contributed by atoms with Crippen LogP contribution in [0.5, 0.6) is 5.88 Å². The first-order chi connectivity index (χ1) is 17.0. The number of nitrogens with two attached hydrogens (primary N) is 1. The van der Waals surface area contributed by atoms with E-state index in [1.54, 1.807) is 37.8 Å². The lowest BCUT2D eigenvalue weighted by molar-refractivity contribution is 0.447. The molecule has 0 saturated carbocycles. The minimum Gasteiger partial charge on any atom is -0.494 e. The molecule has 8 heteroatoms. The molecule has 35 heavy (non-hydrogen) atoms. The van der Waals surface area contributed by atoms with Crippen LogP contribution >= 0.6 is 0 Å². The number of hydrogen-bond donors (Lipinski definition) is 3. The molecule has 0 aliphatic rings. The molecule has 0 bridgehead atoms. The van der Waals surface area contributed by atoms with Crippen molar-refractivity contribution in [1.82, 2.24) is 19.1 Å². The highest BCUT2D eigenvalue weighted by molar-refractivity contribution is 5.89. The maximum absolute atomic E-state index is 13.7. The Labute approximate surface area is 202 Å². The monoisotopic (exact) mass is 466 g/mol. The summed E-state index contributed by atoms with van der Waals surface area (Å²) < 4.78 is 2.94. The Bertz CT molecular complexity index is 1530. The molecule has 0 unspecified atom stereocenters. The normalized spacial score (nSPS) is 12.1. The lowest BCUT2D eigenvalue weighted by Gasteiger charge is -2.18. The van der Waals surface area contributed by atoms with Gasteiger partial charge in [-0.25, -0.2) is 4.98 Å². The SMILES string of the molecule is Cn1c(NC[C@@H](N)Cc2ccccc2)nc(-c2ccncc2)c(-n2cc3ccccc3c2O)c1=O. The summed E-state index contributed by atoms with van der Waals surface area (Å²) in [4.78, 5) is 22.5. The molecule has 0 spiro atoms. The molecule has 0 fully saturated rings. The molecule has 1 atom stereocenters. The topological polar surface area (TPSA) is 111 Å². The summed E-state index contributed by atoms with van der Waals surface area (Å²) in [6.45, 7) is 0.433. The summed E-state index contributed by atoms with van der Waals surface area (Å²) >= 11 is 0. The van der Waals surface area contributed by atoms with Crippen molar-refractivity contribution in [2.45, 2.75) is 12.5 Å². The van der Waals surface area contributed by atoms with E-state index in [-0.39, 0.29) is 23.2 Å². The molecule has 3 aromatic heterocycles. The summed E-state index contributed by atoms with van der Waals surface area (Å²) in [5.74, 6) is 0.380. The lowest BCUT2D eigenvalue weighted by Crippen LogP contribution is -2.34. The molecule has 3 heterocycles. The fourth-order valence-corrected chi connectivity index (χ4v) is 4.20. The Balaban J connectivity index is 1.56. The first-order valence-corrected chi connectivity index (χ1v) is 11.4. The number of rotatable bonds is 7. The molecule has 8 nitrogen and oxygen atoms in total. The van der Waals surface area contributed by atoms with E-state index in [1.165, 1.54) is 9.13 Å². The summed E-state index contributed by atoms with van der Waals surface area (Å²) in [5, 5.41) is 15.7. The number of aromatic hydroxyl groups is 1. The molecule has 0 amide bonds. The molecule has 5 rings (SSSR count). The molecule has 2 aromatic carbocycles. The third-order valence-electron chi connectivity index (χ3n) is 6.02. The number of hydrogen-bond acceptors (Lipinski definition) is 6. The van der Waals surface area contributed by atoms with Crippen molar-refractivity contribution in [3.8, 4) is 22.8 Å². The van der Waals surface area contributed by atoms with Crippen molar-refractivity contribution in [3.05, 3.63) is 101 Å². The Morgan fingerprint density at radius 3 is 2.49 bits per heavy atom. The van der Waals surface area contributed by atoms with E-state index in [2.05, 4.69) is 10.3 Å². The third-order valence-corrected chi connectivity index (χ3v) is 6.02. The second-order valence-electron chi connectivity index (χ2n) is 8.47. The van der Waals surface area contributed by atoms with Crippen LogP contribution in [0.15, 0.2) is 90.1 Å². The van der Waals surface area contributed by atoms with Gasteiger partial charge >= 0.3 is 0 Å². The van der Waals surface area contributed by atoms with Crippen LogP contribution in [0, 0.1) is 0 Å². The highest BCUT2D eigenvalue weighted by atomic mass is 16.3. The number of aromatic nitrogens is 4. The molecule has 0 aliphatic carbocycles. The number of nitrogens with one attached hydrogen (secondary N) is 1. The van der Waals surface area contributed by atoms with Gasteiger partial charge in [-0.1, -0.05) is 48.5 Å². The van der Waals surface area contributed by atoms with E-state index >= 15 is 0 Å². The third kappa shape index (κ3) is 4.39. The summed E-state index contributed by atoms with van der Waals surface area (Å²) in [7, 11) is 1.65. The number of anilines is 1. The highest BCUT2D eigenvalue weighted by Crippen LogP contribution is 2.32. The van der Waals surface area contributed by atoms with E-state index in [9.17, 15) is 9.90 Å². The first kappa shape index (κ1) is 22.4. The van der Waals surface area contributed by atoms with Crippen LogP contribution in [0.1, 0.15) is 5.56 Å². The molecule has 0 saturated heterocycles. The molecule has 5 aromatic rings. The quantitative estimate of drug-likeness (QED) is 0.339. The van der Waals surface area contributed by atoms with Crippen molar-refractivity contribution >= 4 is 16.7 Å². The van der Waals surface area contributed by atoms with Crippen LogP contribution in [0.25, 0.3) is 27.7 Å². The molecule has 176 valence electrons. The van der Waals surface area contributed by atoms with E-state index < -0.39 is 0 Å². The second-order valence-corrected chi connectivity index (χ2v) is 8.47. The Hall–Kier alpha value is -4.43. The summed E-state index contributed by atoms with van der Waals surface area (Å²) in [6.07, 6.45) is 5.73. The summed E-state index contributed by atoms with van der Waals surface area (Å²) in [5.41, 5.74) is 8.59. The number of nitrogens with zero attached hydrogens (tertiary/aromatic N) is 4. The second kappa shape index (κ2) is 9.44. The van der Waals surface area contributed by atoms with E-state index in [1.807, 2.05) is 54.6 Å². The van der Waals surface area contributed by atoms with Crippen molar-refractivity contribution in [2.75, 3.05) is 11.9 Å². The fourth-order valence-electron chi connectivity index (χ4n) is 4.20. The zero-order valence-electron chi connectivity index (χ0n) is 19.3. The van der Waals surface area contributed by atoms with Crippen molar-refractivity contribution in [1.29, 1.82) is 0 Å². The smallest absolute Gasteiger partial charge is 0.279 e. The molecule has 0 radical (unpaired) electrons. The van der Waals surface area contributed by atoms with Gasteiger partial charge in [0.25, 0.3) is 5.56 Å². The van der Waals surface area contributed by atoms with Gasteiger partial charge in [0.2, 0.25) is 11.8 Å². The Morgan fingerprint density at radius 1 is 1.03 bits per heavy atom. The minimum absolute atomic E-state index is 0.0135. The number of pyridine rings is 1. The molecular weight excluding hydrogens is 440 g/mol. The first-order valence-electron chi connectivity index (χ1n) is 11.4. The Morgan fingerprint density at radius 2 is 1.74 bits per heavy atom. The average molecular weight is 467 g/mol. The van der Waals surface area contributed by atoms with Gasteiger partial charge in [0, 0.05) is 54.6 Å². The van der Waals surface area contributed by atoms with Gasteiger partial charge in [0.1, 0.15) is 11.4 Å². The highest BCUT2D eigenvalue weighted by Gasteiger charge is 2.21. The maximum atomic E-state index is 13.7. The van der Waals surface area contributed by atoms with Gasteiger partial charge in [-0.05, 0) is 30.2 Å². The fraction of sp³-hybridized carbons (Fsp3) is 0.148. The largest absolute Gasteiger partial charge is 0.494 e. The number of fused-ring (bicyclic) bond motifs is 1. The zero-order chi connectivity index (χ0) is 24.4. The zero-order valence-corrected chi connectivity index (χ0v) is 19.3. The van der Waals surface area contributed by atoms with Gasteiger partial charge in [0.05, 0.1) is 0 Å². The van der Waals surface area contributed by atoms with E-state index in [4.69, 9.17) is 10.7 Å². The van der Waals surface area contributed by atoms with Gasteiger partial charge < -0.3 is 16.2 Å². The van der Waals surface area contributed by atoms with E-state index in [0.29, 0.717) is 35.6 Å². The van der Waals surface area contributed by atoms with E-state index in [0.717, 1.165) is 10.9 Å². The standard InChI is InChI=1S/C27H26N6O2/c1-32-26(35)24(33-17-20-9-5-6-10-22(20)25(33)34)23(19-11-13-29-14-12-19)31-27(32)30-16-21(28)15-18-7-3-2-4-8-18/h2-14,17,21,34H,15-16,28H2,1H3,(H,30,31)/t21-/m0/s1. The molecule has 4 N–H and O–H groups in total. The van der Waals surface area contributed by atoms with Crippen LogP contribution < -0.4 is 16.6 Å². The average Bonchev–Trinajstić information content (AvgIpc) is 3.22. The van der Waals surface area contributed by atoms with Gasteiger partial charge in [0.15, 0.2) is 0 Å². The lowest BCUT2D eigenvalue weighted by atomic mass is 10.1. The van der Waals surface area contributed by atoms with Gasteiger partial charge in [-0.2, -0.15) is 0 Å². The molecular formula is C27H26N6O2. The predicted octanol–water partition coefficient (Wildman–Crippen LogP) is 3.47. The maximum Gasteiger partial charge on any atom is 0.279 e. The van der Waals surface area contributed by atoms with Crippen molar-refractivity contribution < 1.29 is 5.11 Å². The van der Waals surface area contributed by atoms with Gasteiger partial charge in [-0.3, -0.25) is 18.9 Å². The number of benzene rings is 2. The van der Waals surface area contributed by atoms with Gasteiger partial charge in [-0.15, -0.1) is 0 Å². The van der Waals surface area contributed by atoms with Crippen molar-refractivity contribution in [3.63, 3.8) is 0 Å². The van der Waals surface area contributed by atoms with Crippen LogP contribution in [-0.2, 0) is 13.5 Å². The van der Waals surface area contributed by atoms with Crippen LogP contribution in [0.2, 0.25) is 0 Å². The Kier molecular flexibility index (Phi) is 6.03. The summed E-state index contributed by atoms with van der Waals surface area (Å²) in [6, 6.07) is 20.9. The van der Waals surface area contributed by atoms with Crippen LogP contribution in [-0.4, -0.2) is 36.8 Å². The van der Waals surface area contributed by atoms with Crippen molar-refractivity contribution in [2.24, 2.45) is 12.8 Å².